The normalized spacial score (nSPS) is 14.1. The lowest BCUT2D eigenvalue weighted by Crippen LogP contribution is -2.37. The summed E-state index contributed by atoms with van der Waals surface area (Å²) < 4.78 is 0. The second-order valence-corrected chi connectivity index (χ2v) is 5.20. The number of carbonyl (C=O) groups excluding carboxylic acids is 2. The number of amidine groups is 1. The van der Waals surface area contributed by atoms with Crippen molar-refractivity contribution in [3.05, 3.63) is 24.4 Å². The maximum Gasteiger partial charge on any atom is 0.315 e. The SMILES string of the molecule is O=C(NC1=NCCS1)C(=O)Nc1ccc2cn[nH]c2c1. The van der Waals surface area contributed by atoms with E-state index >= 15 is 0 Å². The summed E-state index contributed by atoms with van der Waals surface area (Å²) in [7, 11) is 0. The monoisotopic (exact) mass is 289 g/mol. The van der Waals surface area contributed by atoms with Crippen LogP contribution in [0.4, 0.5) is 5.69 Å². The van der Waals surface area contributed by atoms with Gasteiger partial charge in [-0.05, 0) is 18.2 Å². The van der Waals surface area contributed by atoms with Crippen molar-refractivity contribution in [2.45, 2.75) is 0 Å². The minimum atomic E-state index is -0.723. The van der Waals surface area contributed by atoms with Crippen molar-refractivity contribution in [3.8, 4) is 0 Å². The molecule has 0 spiro atoms. The van der Waals surface area contributed by atoms with E-state index in [-0.39, 0.29) is 0 Å². The van der Waals surface area contributed by atoms with Crippen LogP contribution in [0.25, 0.3) is 10.9 Å². The number of H-pyrrole nitrogens is 1. The molecule has 3 N–H and O–H groups in total. The van der Waals surface area contributed by atoms with Crippen LogP contribution in [-0.4, -0.2) is 39.5 Å². The zero-order valence-corrected chi connectivity index (χ0v) is 11.2. The number of rotatable bonds is 1. The van der Waals surface area contributed by atoms with E-state index in [9.17, 15) is 9.59 Å². The van der Waals surface area contributed by atoms with Crippen LogP contribution in [-0.2, 0) is 9.59 Å². The Balaban J connectivity index is 1.66. The van der Waals surface area contributed by atoms with Gasteiger partial charge in [0.05, 0.1) is 18.3 Å². The maximum atomic E-state index is 11.8. The number of thioether (sulfide) groups is 1. The van der Waals surface area contributed by atoms with Gasteiger partial charge in [-0.3, -0.25) is 25.0 Å². The summed E-state index contributed by atoms with van der Waals surface area (Å²) in [6.45, 7) is 0.665. The first-order valence-electron chi connectivity index (χ1n) is 5.95. The molecule has 0 bridgehead atoms. The fourth-order valence-corrected chi connectivity index (χ4v) is 2.49. The second kappa shape index (κ2) is 5.33. The highest BCUT2D eigenvalue weighted by Crippen LogP contribution is 2.16. The largest absolute Gasteiger partial charge is 0.318 e. The number of hydrogen-bond donors (Lipinski definition) is 3. The van der Waals surface area contributed by atoms with Gasteiger partial charge in [0.2, 0.25) is 0 Å². The van der Waals surface area contributed by atoms with Gasteiger partial charge < -0.3 is 5.32 Å². The van der Waals surface area contributed by atoms with Crippen LogP contribution in [0.3, 0.4) is 0 Å². The van der Waals surface area contributed by atoms with Crippen LogP contribution in [0.2, 0.25) is 0 Å². The molecule has 1 aliphatic rings. The van der Waals surface area contributed by atoms with E-state index in [1.54, 1.807) is 18.3 Å². The number of benzene rings is 1. The molecular weight excluding hydrogens is 278 g/mol. The third-order valence-corrected chi connectivity index (χ3v) is 3.60. The molecule has 1 aliphatic heterocycles. The number of aromatic amines is 1. The van der Waals surface area contributed by atoms with Crippen molar-refractivity contribution in [2.75, 3.05) is 17.6 Å². The van der Waals surface area contributed by atoms with Gasteiger partial charge in [0.25, 0.3) is 0 Å². The molecule has 0 fully saturated rings. The molecule has 20 heavy (non-hydrogen) atoms. The van der Waals surface area contributed by atoms with Crippen LogP contribution in [0.15, 0.2) is 29.4 Å². The van der Waals surface area contributed by atoms with E-state index in [0.29, 0.717) is 17.4 Å². The van der Waals surface area contributed by atoms with E-state index in [0.717, 1.165) is 16.7 Å². The number of carbonyl (C=O) groups is 2. The van der Waals surface area contributed by atoms with Crippen LogP contribution < -0.4 is 10.6 Å². The van der Waals surface area contributed by atoms with E-state index in [2.05, 4.69) is 25.8 Å². The van der Waals surface area contributed by atoms with Crippen molar-refractivity contribution in [2.24, 2.45) is 4.99 Å². The first kappa shape index (κ1) is 12.7. The summed E-state index contributed by atoms with van der Waals surface area (Å²) in [6.07, 6.45) is 1.68. The highest BCUT2D eigenvalue weighted by Gasteiger charge is 2.18. The predicted octanol–water partition coefficient (Wildman–Crippen LogP) is 0.720. The summed E-state index contributed by atoms with van der Waals surface area (Å²) in [4.78, 5) is 27.5. The van der Waals surface area contributed by atoms with Crippen LogP contribution in [0.5, 0.6) is 0 Å². The number of nitrogens with one attached hydrogen (secondary N) is 3. The lowest BCUT2D eigenvalue weighted by atomic mass is 10.2. The molecule has 102 valence electrons. The van der Waals surface area contributed by atoms with Gasteiger partial charge in [-0.15, -0.1) is 0 Å². The molecule has 0 unspecified atom stereocenters. The van der Waals surface area contributed by atoms with Crippen molar-refractivity contribution >= 4 is 45.3 Å². The molecule has 2 amide bonds. The first-order chi connectivity index (χ1) is 9.72. The van der Waals surface area contributed by atoms with E-state index in [1.165, 1.54) is 11.8 Å². The summed E-state index contributed by atoms with van der Waals surface area (Å²) in [6, 6.07) is 5.24. The van der Waals surface area contributed by atoms with Gasteiger partial charge >= 0.3 is 11.8 Å². The molecule has 7 nitrogen and oxygen atoms in total. The average Bonchev–Trinajstić information content (AvgIpc) is 3.08. The number of aromatic nitrogens is 2. The lowest BCUT2D eigenvalue weighted by Gasteiger charge is -2.05. The zero-order chi connectivity index (χ0) is 13.9. The van der Waals surface area contributed by atoms with Crippen LogP contribution >= 0.6 is 11.8 Å². The molecule has 3 rings (SSSR count). The van der Waals surface area contributed by atoms with Gasteiger partial charge in [0.1, 0.15) is 0 Å². The Morgan fingerprint density at radius 3 is 2.90 bits per heavy atom. The third-order valence-electron chi connectivity index (χ3n) is 2.71. The smallest absolute Gasteiger partial charge is 0.315 e. The Bertz CT molecular complexity index is 709. The van der Waals surface area contributed by atoms with Gasteiger partial charge in [0, 0.05) is 16.8 Å². The molecule has 0 saturated carbocycles. The Hall–Kier alpha value is -2.35. The molecule has 0 saturated heterocycles. The molecular formula is C12H11N5O2S. The predicted molar refractivity (Wildman–Crippen MR) is 77.6 cm³/mol. The number of amides is 2. The van der Waals surface area contributed by atoms with Crippen molar-refractivity contribution in [1.29, 1.82) is 0 Å². The minimum absolute atomic E-state index is 0.495. The van der Waals surface area contributed by atoms with Crippen molar-refractivity contribution in [1.82, 2.24) is 15.5 Å². The van der Waals surface area contributed by atoms with Gasteiger partial charge in [-0.25, -0.2) is 0 Å². The second-order valence-electron chi connectivity index (χ2n) is 4.12. The number of hydrogen-bond acceptors (Lipinski definition) is 5. The Morgan fingerprint density at radius 1 is 1.25 bits per heavy atom. The topological polar surface area (TPSA) is 99.2 Å². The summed E-state index contributed by atoms with van der Waals surface area (Å²) >= 11 is 1.42. The summed E-state index contributed by atoms with van der Waals surface area (Å²) in [5.74, 6) is -0.616. The fraction of sp³-hybridized carbons (Fsp3) is 0.167. The molecule has 2 heterocycles. The molecule has 0 aliphatic carbocycles. The number of fused-ring (bicyclic) bond motifs is 1. The molecule has 0 radical (unpaired) electrons. The fourth-order valence-electron chi connectivity index (χ4n) is 1.77. The summed E-state index contributed by atoms with van der Waals surface area (Å²) in [5.41, 5.74) is 1.32. The maximum absolute atomic E-state index is 11.8. The van der Waals surface area contributed by atoms with E-state index < -0.39 is 11.8 Å². The van der Waals surface area contributed by atoms with Crippen molar-refractivity contribution in [3.63, 3.8) is 0 Å². The minimum Gasteiger partial charge on any atom is -0.318 e. The standard InChI is InChI=1S/C12H11N5O2S/c18-10(11(19)16-12-13-3-4-20-12)15-8-2-1-7-6-14-17-9(7)5-8/h1-2,5-6H,3-4H2,(H,14,17)(H,15,18)(H,13,16,19). The Morgan fingerprint density at radius 2 is 2.10 bits per heavy atom. The quantitative estimate of drug-likeness (QED) is 0.674. The average molecular weight is 289 g/mol. The van der Waals surface area contributed by atoms with Crippen molar-refractivity contribution < 1.29 is 9.59 Å². The molecule has 2 aromatic rings. The molecule has 0 atom stereocenters. The Kier molecular flexibility index (Phi) is 3.38. The number of anilines is 1. The van der Waals surface area contributed by atoms with Gasteiger partial charge in [0.15, 0.2) is 5.17 Å². The molecule has 1 aromatic carbocycles. The molecule has 8 heteroatoms. The molecule has 1 aromatic heterocycles. The van der Waals surface area contributed by atoms with E-state index in [4.69, 9.17) is 0 Å². The van der Waals surface area contributed by atoms with Gasteiger partial charge in [-0.1, -0.05) is 11.8 Å². The number of nitrogens with zero attached hydrogens (tertiary/aromatic N) is 2. The first-order valence-corrected chi connectivity index (χ1v) is 6.93. The third kappa shape index (κ3) is 2.64. The summed E-state index contributed by atoms with van der Waals surface area (Å²) in [5, 5.41) is 13.1. The highest BCUT2D eigenvalue weighted by atomic mass is 32.2. The lowest BCUT2D eigenvalue weighted by molar-refractivity contribution is -0.135. The Labute approximate surface area is 118 Å². The van der Waals surface area contributed by atoms with E-state index in [1.807, 2.05) is 6.07 Å². The van der Waals surface area contributed by atoms with Crippen LogP contribution in [0.1, 0.15) is 0 Å². The van der Waals surface area contributed by atoms with Crippen LogP contribution in [0, 0.1) is 0 Å². The number of aliphatic imine (C=N–C) groups is 1. The van der Waals surface area contributed by atoms with Gasteiger partial charge in [-0.2, -0.15) is 5.10 Å². The zero-order valence-electron chi connectivity index (χ0n) is 10.3. The highest BCUT2D eigenvalue weighted by molar-refractivity contribution is 8.14.